The van der Waals surface area contributed by atoms with Crippen LogP contribution in [0.4, 0.5) is 0 Å². The smallest absolute Gasteiger partial charge is 0.0178 e. The zero-order valence-corrected chi connectivity index (χ0v) is 12.6. The molecule has 0 aliphatic carbocycles. The van der Waals surface area contributed by atoms with Gasteiger partial charge < -0.3 is 11.5 Å². The van der Waals surface area contributed by atoms with Crippen molar-refractivity contribution in [3.05, 3.63) is 35.9 Å². The Morgan fingerprint density at radius 3 is 1.68 bits per heavy atom. The van der Waals surface area contributed by atoms with Crippen LogP contribution < -0.4 is 11.5 Å². The molecule has 0 atom stereocenters. The van der Waals surface area contributed by atoms with E-state index < -0.39 is 0 Å². The fourth-order valence-corrected chi connectivity index (χ4v) is 1.89. The molecule has 110 valence electrons. The van der Waals surface area contributed by atoms with Gasteiger partial charge in [-0.2, -0.15) is 0 Å². The van der Waals surface area contributed by atoms with Gasteiger partial charge in [0.05, 0.1) is 0 Å². The average molecular weight is 264 g/mol. The maximum absolute atomic E-state index is 5.39. The maximum atomic E-state index is 5.39. The summed E-state index contributed by atoms with van der Waals surface area (Å²) >= 11 is 0. The highest BCUT2D eigenvalue weighted by Gasteiger charge is 1.89. The highest BCUT2D eigenvalue weighted by molar-refractivity contribution is 5.13. The lowest BCUT2D eigenvalue weighted by Gasteiger charge is -1.99. The molecule has 0 aliphatic heterocycles. The Morgan fingerprint density at radius 2 is 1.26 bits per heavy atom. The molecule has 1 rings (SSSR count). The second-order valence-electron chi connectivity index (χ2n) is 4.95. The molecular formula is C17H32N2. The van der Waals surface area contributed by atoms with Crippen LogP contribution in [0.3, 0.4) is 0 Å². The molecule has 0 heterocycles. The minimum Gasteiger partial charge on any atom is -0.330 e. The number of hydrogen-bond acceptors (Lipinski definition) is 2. The summed E-state index contributed by atoms with van der Waals surface area (Å²) < 4.78 is 0. The highest BCUT2D eigenvalue weighted by atomic mass is 14.5. The van der Waals surface area contributed by atoms with Gasteiger partial charge in [0.2, 0.25) is 0 Å². The van der Waals surface area contributed by atoms with Crippen molar-refractivity contribution >= 4 is 0 Å². The minimum atomic E-state index is 0.640. The van der Waals surface area contributed by atoms with Gasteiger partial charge in [-0.05, 0) is 18.5 Å². The predicted molar refractivity (Wildman–Crippen MR) is 86.0 cm³/mol. The molecular weight excluding hydrogens is 232 g/mol. The molecule has 0 saturated heterocycles. The van der Waals surface area contributed by atoms with Crippen molar-refractivity contribution in [1.29, 1.82) is 0 Å². The lowest BCUT2D eigenvalue weighted by Crippen LogP contribution is -1.97. The fraction of sp³-hybridized carbons (Fsp3) is 0.647. The standard InChI is InChI=1S/C10H23N.C7H9N/c1-2-3-4-5-6-7-8-9-10-11;8-6-7-4-2-1-3-5-7/h2-11H2,1H3;1-5H,6,8H2. The Labute approximate surface area is 119 Å². The Bertz CT molecular complexity index is 251. The van der Waals surface area contributed by atoms with E-state index >= 15 is 0 Å². The summed E-state index contributed by atoms with van der Waals surface area (Å²) in [5, 5.41) is 0. The molecule has 0 unspecified atom stereocenters. The molecule has 1 aromatic carbocycles. The van der Waals surface area contributed by atoms with E-state index in [9.17, 15) is 0 Å². The van der Waals surface area contributed by atoms with Gasteiger partial charge in [-0.3, -0.25) is 0 Å². The van der Waals surface area contributed by atoms with Gasteiger partial charge >= 0.3 is 0 Å². The van der Waals surface area contributed by atoms with E-state index in [4.69, 9.17) is 11.5 Å². The lowest BCUT2D eigenvalue weighted by atomic mass is 10.1. The molecule has 0 bridgehead atoms. The minimum absolute atomic E-state index is 0.640. The van der Waals surface area contributed by atoms with Crippen LogP contribution in [0.25, 0.3) is 0 Å². The Hall–Kier alpha value is -0.860. The summed E-state index contributed by atoms with van der Waals surface area (Å²) in [6.45, 7) is 3.77. The first-order valence-corrected chi connectivity index (χ1v) is 7.79. The second kappa shape index (κ2) is 15.2. The normalized spacial score (nSPS) is 9.84. The van der Waals surface area contributed by atoms with E-state index in [1.165, 1.54) is 56.9 Å². The quantitative estimate of drug-likeness (QED) is 0.656. The van der Waals surface area contributed by atoms with Gasteiger partial charge in [-0.1, -0.05) is 82.2 Å². The molecule has 0 saturated carbocycles. The van der Waals surface area contributed by atoms with E-state index in [1.807, 2.05) is 30.3 Å². The molecule has 0 aliphatic rings. The Morgan fingerprint density at radius 1 is 0.737 bits per heavy atom. The van der Waals surface area contributed by atoms with E-state index in [1.54, 1.807) is 0 Å². The van der Waals surface area contributed by atoms with Gasteiger partial charge in [0.25, 0.3) is 0 Å². The van der Waals surface area contributed by atoms with Crippen LogP contribution in [-0.2, 0) is 6.54 Å². The van der Waals surface area contributed by atoms with Crippen molar-refractivity contribution < 1.29 is 0 Å². The molecule has 4 N–H and O–H groups in total. The SMILES string of the molecule is CCCCCCCCCCN.NCc1ccccc1. The summed E-state index contributed by atoms with van der Waals surface area (Å²) in [6.07, 6.45) is 11.0. The number of benzene rings is 1. The fourth-order valence-electron chi connectivity index (χ4n) is 1.89. The molecule has 2 nitrogen and oxygen atoms in total. The zero-order chi connectivity index (χ0) is 14.2. The summed E-state index contributed by atoms with van der Waals surface area (Å²) in [6, 6.07) is 9.99. The molecule has 19 heavy (non-hydrogen) atoms. The van der Waals surface area contributed by atoms with E-state index in [-0.39, 0.29) is 0 Å². The topological polar surface area (TPSA) is 52.0 Å². The summed E-state index contributed by atoms with van der Waals surface area (Å²) in [4.78, 5) is 0. The number of nitrogens with two attached hydrogens (primary N) is 2. The maximum Gasteiger partial charge on any atom is 0.0178 e. The third-order valence-electron chi connectivity index (χ3n) is 3.14. The van der Waals surface area contributed by atoms with Crippen LogP contribution in [0.15, 0.2) is 30.3 Å². The first-order chi connectivity index (χ1) is 9.35. The van der Waals surface area contributed by atoms with Crippen molar-refractivity contribution in [1.82, 2.24) is 0 Å². The molecule has 0 amide bonds. The highest BCUT2D eigenvalue weighted by Crippen LogP contribution is 2.07. The molecule has 0 fully saturated rings. The second-order valence-corrected chi connectivity index (χ2v) is 4.95. The van der Waals surface area contributed by atoms with Gasteiger partial charge in [0.15, 0.2) is 0 Å². The lowest BCUT2D eigenvalue weighted by molar-refractivity contribution is 0.578. The predicted octanol–water partition coefficient (Wildman–Crippen LogP) is 4.23. The third-order valence-corrected chi connectivity index (χ3v) is 3.14. The first kappa shape index (κ1) is 18.1. The van der Waals surface area contributed by atoms with Crippen molar-refractivity contribution in [3.63, 3.8) is 0 Å². The first-order valence-electron chi connectivity index (χ1n) is 7.79. The molecule has 2 heteroatoms. The van der Waals surface area contributed by atoms with Crippen LogP contribution >= 0.6 is 0 Å². The van der Waals surface area contributed by atoms with Crippen LogP contribution in [-0.4, -0.2) is 6.54 Å². The molecule has 0 aromatic heterocycles. The van der Waals surface area contributed by atoms with Crippen molar-refractivity contribution in [2.24, 2.45) is 11.5 Å². The van der Waals surface area contributed by atoms with Crippen LogP contribution in [0.2, 0.25) is 0 Å². The van der Waals surface area contributed by atoms with E-state index in [0.29, 0.717) is 6.54 Å². The van der Waals surface area contributed by atoms with Crippen molar-refractivity contribution in [2.45, 2.75) is 64.8 Å². The Kier molecular flexibility index (Phi) is 14.5. The average Bonchev–Trinajstić information content (AvgIpc) is 2.48. The molecule has 0 radical (unpaired) electrons. The summed E-state index contributed by atoms with van der Waals surface area (Å²) in [7, 11) is 0. The van der Waals surface area contributed by atoms with Gasteiger partial charge in [-0.15, -0.1) is 0 Å². The van der Waals surface area contributed by atoms with E-state index in [0.717, 1.165) is 6.54 Å². The number of hydrogen-bond donors (Lipinski definition) is 2. The zero-order valence-electron chi connectivity index (χ0n) is 12.6. The van der Waals surface area contributed by atoms with Gasteiger partial charge in [0.1, 0.15) is 0 Å². The third kappa shape index (κ3) is 13.4. The van der Waals surface area contributed by atoms with E-state index in [2.05, 4.69) is 6.92 Å². The Balaban J connectivity index is 0.000000356. The monoisotopic (exact) mass is 264 g/mol. The van der Waals surface area contributed by atoms with Gasteiger partial charge in [0, 0.05) is 6.54 Å². The van der Waals surface area contributed by atoms with Crippen molar-refractivity contribution in [2.75, 3.05) is 6.54 Å². The number of unbranched alkanes of at least 4 members (excludes halogenated alkanes) is 7. The van der Waals surface area contributed by atoms with Crippen molar-refractivity contribution in [3.8, 4) is 0 Å². The summed E-state index contributed by atoms with van der Waals surface area (Å²) in [5.41, 5.74) is 11.9. The van der Waals surface area contributed by atoms with Crippen LogP contribution in [0.1, 0.15) is 63.9 Å². The number of rotatable bonds is 9. The molecule has 0 spiro atoms. The van der Waals surface area contributed by atoms with Crippen LogP contribution in [0, 0.1) is 0 Å². The molecule has 1 aromatic rings. The summed E-state index contributed by atoms with van der Waals surface area (Å²) in [5.74, 6) is 0. The van der Waals surface area contributed by atoms with Crippen LogP contribution in [0.5, 0.6) is 0 Å². The van der Waals surface area contributed by atoms with Gasteiger partial charge in [-0.25, -0.2) is 0 Å². The largest absolute Gasteiger partial charge is 0.330 e.